The molecule has 0 radical (unpaired) electrons. The molecule has 22 heavy (non-hydrogen) atoms. The number of aromatic nitrogens is 3. The fourth-order valence-corrected chi connectivity index (χ4v) is 2.60. The maximum Gasteiger partial charge on any atom is 0.357 e. The molecule has 0 aliphatic carbocycles. The fourth-order valence-electron chi connectivity index (χ4n) is 2.60. The van der Waals surface area contributed by atoms with Crippen molar-refractivity contribution < 1.29 is 19.1 Å². The third-order valence-corrected chi connectivity index (χ3v) is 3.58. The second kappa shape index (κ2) is 5.18. The van der Waals surface area contributed by atoms with Crippen molar-refractivity contribution in [3.8, 4) is 0 Å². The molecule has 0 unspecified atom stereocenters. The molecule has 0 aliphatic rings. The van der Waals surface area contributed by atoms with Crippen LogP contribution in [-0.2, 0) is 20.8 Å². The molecule has 7 heteroatoms. The molecule has 7 nitrogen and oxygen atoms in total. The molecule has 0 saturated heterocycles. The summed E-state index contributed by atoms with van der Waals surface area (Å²) in [5.41, 5.74) is 2.48. The van der Waals surface area contributed by atoms with Crippen LogP contribution in [0.5, 0.6) is 0 Å². The summed E-state index contributed by atoms with van der Waals surface area (Å²) in [5.74, 6) is -0.348. The molecule has 0 saturated carbocycles. The molecule has 114 valence electrons. The molecule has 0 amide bonds. The monoisotopic (exact) mass is 301 g/mol. The number of aryl methyl sites for hydroxylation is 1. The number of nitrogens with zero attached hydrogens (tertiary/aromatic N) is 3. The van der Waals surface area contributed by atoms with Crippen LogP contribution in [-0.4, -0.2) is 40.1 Å². The molecule has 0 bridgehead atoms. The normalized spacial score (nSPS) is 11.0. The standard InChI is InChI=1S/C15H15N3O4/c1-9-13(14(20)22-3)18-11-7-5-4-6-10(11)17(15(18)16-9)8-12(19)21-2/h4-7H,8H2,1-3H3. The molecule has 0 fully saturated rings. The third kappa shape index (κ3) is 1.93. The first kappa shape index (κ1) is 14.1. The average molecular weight is 301 g/mol. The van der Waals surface area contributed by atoms with Gasteiger partial charge in [-0.1, -0.05) is 12.1 Å². The first-order valence-electron chi connectivity index (χ1n) is 6.70. The lowest BCUT2D eigenvalue weighted by atomic mass is 10.3. The van der Waals surface area contributed by atoms with Gasteiger partial charge >= 0.3 is 11.9 Å². The lowest BCUT2D eigenvalue weighted by molar-refractivity contribution is -0.141. The van der Waals surface area contributed by atoms with Crippen molar-refractivity contribution in [3.63, 3.8) is 0 Å². The molecule has 0 spiro atoms. The van der Waals surface area contributed by atoms with Gasteiger partial charge in [0.15, 0.2) is 5.69 Å². The van der Waals surface area contributed by atoms with Gasteiger partial charge in [-0.3, -0.25) is 13.8 Å². The number of carbonyl (C=O) groups excluding carboxylic acids is 2. The van der Waals surface area contributed by atoms with Gasteiger partial charge in [-0.15, -0.1) is 0 Å². The van der Waals surface area contributed by atoms with Gasteiger partial charge < -0.3 is 9.47 Å². The summed E-state index contributed by atoms with van der Waals surface area (Å²) in [6.07, 6.45) is 0. The van der Waals surface area contributed by atoms with Crippen molar-refractivity contribution in [2.45, 2.75) is 13.5 Å². The van der Waals surface area contributed by atoms with E-state index in [4.69, 9.17) is 9.47 Å². The number of benzene rings is 1. The Hall–Kier alpha value is -2.83. The summed E-state index contributed by atoms with van der Waals surface area (Å²) in [5, 5.41) is 0. The number of para-hydroxylation sites is 2. The van der Waals surface area contributed by atoms with E-state index < -0.39 is 5.97 Å². The molecular weight excluding hydrogens is 286 g/mol. The first-order valence-corrected chi connectivity index (χ1v) is 6.70. The molecule has 3 rings (SSSR count). The van der Waals surface area contributed by atoms with Gasteiger partial charge in [0.05, 0.1) is 30.9 Å². The maximum absolute atomic E-state index is 12.1. The largest absolute Gasteiger partial charge is 0.468 e. The molecule has 0 aliphatic heterocycles. The summed E-state index contributed by atoms with van der Waals surface area (Å²) in [4.78, 5) is 28.2. The van der Waals surface area contributed by atoms with Crippen LogP contribution in [0.4, 0.5) is 0 Å². The summed E-state index contributed by atoms with van der Waals surface area (Å²) >= 11 is 0. The molecular formula is C15H15N3O4. The van der Waals surface area contributed by atoms with Gasteiger partial charge in [0.2, 0.25) is 5.78 Å². The summed E-state index contributed by atoms with van der Waals surface area (Å²) in [7, 11) is 2.66. The quantitative estimate of drug-likeness (QED) is 0.686. The molecule has 0 atom stereocenters. The van der Waals surface area contributed by atoms with Crippen LogP contribution in [0, 0.1) is 6.92 Å². The Morgan fingerprint density at radius 3 is 2.45 bits per heavy atom. The average Bonchev–Trinajstić information content (AvgIpc) is 3.01. The van der Waals surface area contributed by atoms with Crippen LogP contribution in [0.1, 0.15) is 16.2 Å². The second-order valence-electron chi connectivity index (χ2n) is 4.82. The zero-order valence-corrected chi connectivity index (χ0v) is 12.5. The number of ether oxygens (including phenoxy) is 2. The van der Waals surface area contributed by atoms with Crippen LogP contribution in [0.3, 0.4) is 0 Å². The van der Waals surface area contributed by atoms with Crippen LogP contribution < -0.4 is 0 Å². The first-order chi connectivity index (χ1) is 10.6. The van der Waals surface area contributed by atoms with Crippen molar-refractivity contribution >= 4 is 28.7 Å². The second-order valence-corrected chi connectivity index (χ2v) is 4.82. The minimum absolute atomic E-state index is 0.0184. The number of hydrogen-bond donors (Lipinski definition) is 0. The number of imidazole rings is 2. The number of hydrogen-bond acceptors (Lipinski definition) is 5. The molecule has 3 aromatic rings. The lowest BCUT2D eigenvalue weighted by Crippen LogP contribution is -2.11. The fraction of sp³-hybridized carbons (Fsp3) is 0.267. The van der Waals surface area contributed by atoms with Gasteiger partial charge in [0.25, 0.3) is 0 Å². The number of methoxy groups -OCH3 is 2. The van der Waals surface area contributed by atoms with E-state index in [0.717, 1.165) is 11.0 Å². The minimum atomic E-state index is -0.467. The Morgan fingerprint density at radius 1 is 1.14 bits per heavy atom. The van der Waals surface area contributed by atoms with E-state index in [1.165, 1.54) is 14.2 Å². The maximum atomic E-state index is 12.1. The van der Waals surface area contributed by atoms with E-state index in [1.807, 2.05) is 24.3 Å². The van der Waals surface area contributed by atoms with Gasteiger partial charge in [-0.25, -0.2) is 9.78 Å². The third-order valence-electron chi connectivity index (χ3n) is 3.58. The van der Waals surface area contributed by atoms with E-state index in [9.17, 15) is 9.59 Å². The van der Waals surface area contributed by atoms with Crippen LogP contribution in [0.25, 0.3) is 16.8 Å². The van der Waals surface area contributed by atoms with Crippen molar-refractivity contribution in [1.29, 1.82) is 0 Å². The Kier molecular flexibility index (Phi) is 3.32. The summed E-state index contributed by atoms with van der Waals surface area (Å²) in [6, 6.07) is 7.45. The topological polar surface area (TPSA) is 74.8 Å². The van der Waals surface area contributed by atoms with Crippen LogP contribution in [0.2, 0.25) is 0 Å². The van der Waals surface area contributed by atoms with Crippen molar-refractivity contribution in [1.82, 2.24) is 14.0 Å². The van der Waals surface area contributed by atoms with Gasteiger partial charge in [0.1, 0.15) is 6.54 Å². The smallest absolute Gasteiger partial charge is 0.357 e. The van der Waals surface area contributed by atoms with Crippen LogP contribution >= 0.6 is 0 Å². The number of carbonyl (C=O) groups is 2. The van der Waals surface area contributed by atoms with E-state index in [-0.39, 0.29) is 12.5 Å². The number of rotatable bonds is 3. The van der Waals surface area contributed by atoms with E-state index in [2.05, 4.69) is 4.98 Å². The number of fused-ring (bicyclic) bond motifs is 3. The van der Waals surface area contributed by atoms with Gasteiger partial charge in [-0.05, 0) is 19.1 Å². The zero-order valence-electron chi connectivity index (χ0n) is 12.5. The highest BCUT2D eigenvalue weighted by Crippen LogP contribution is 2.24. The zero-order chi connectivity index (χ0) is 15.9. The van der Waals surface area contributed by atoms with Gasteiger partial charge in [0, 0.05) is 0 Å². The Labute approximate surface area is 126 Å². The SMILES string of the molecule is COC(=O)Cn1c2ccccc2n2c(C(=O)OC)c(C)nc12. The van der Waals surface area contributed by atoms with Crippen molar-refractivity contribution in [3.05, 3.63) is 35.7 Å². The van der Waals surface area contributed by atoms with Gasteiger partial charge in [-0.2, -0.15) is 0 Å². The predicted molar refractivity (Wildman–Crippen MR) is 78.8 cm³/mol. The van der Waals surface area contributed by atoms with Crippen LogP contribution in [0.15, 0.2) is 24.3 Å². The molecule has 0 N–H and O–H groups in total. The molecule has 2 aromatic heterocycles. The van der Waals surface area contributed by atoms with E-state index in [0.29, 0.717) is 17.2 Å². The summed E-state index contributed by atoms with van der Waals surface area (Å²) < 4.78 is 13.0. The highest BCUT2D eigenvalue weighted by molar-refractivity contribution is 5.94. The lowest BCUT2D eigenvalue weighted by Gasteiger charge is -2.02. The Bertz CT molecular complexity index is 891. The minimum Gasteiger partial charge on any atom is -0.468 e. The summed E-state index contributed by atoms with van der Waals surface area (Å²) in [6.45, 7) is 1.75. The molecule has 1 aromatic carbocycles. The van der Waals surface area contributed by atoms with Crippen molar-refractivity contribution in [2.24, 2.45) is 0 Å². The number of esters is 2. The van der Waals surface area contributed by atoms with E-state index >= 15 is 0 Å². The highest BCUT2D eigenvalue weighted by atomic mass is 16.5. The highest BCUT2D eigenvalue weighted by Gasteiger charge is 2.23. The van der Waals surface area contributed by atoms with Crippen molar-refractivity contribution in [2.75, 3.05) is 14.2 Å². The molecule has 2 heterocycles. The Morgan fingerprint density at radius 2 is 1.82 bits per heavy atom. The van der Waals surface area contributed by atoms with E-state index in [1.54, 1.807) is 15.9 Å². The predicted octanol–water partition coefficient (Wildman–Crippen LogP) is 1.56. The Balaban J connectivity index is 2.38.